The molecule has 0 atom stereocenters. The smallest absolute Gasteiger partial charge is 0.264 e. The Balaban J connectivity index is 0.000000771. The van der Waals surface area contributed by atoms with Crippen molar-refractivity contribution < 1.29 is 40.0 Å². The molecule has 2 heterocycles. The molecular formula is C32H45N3O8S4. The molecule has 15 heteroatoms. The second-order valence-corrected chi connectivity index (χ2v) is 16.0. The van der Waals surface area contributed by atoms with E-state index in [9.17, 15) is 25.9 Å². The summed E-state index contributed by atoms with van der Waals surface area (Å²) in [5, 5.41) is 1.76. The standard InChI is InChI=1S/C26H30N2O8S4.C6H15N/c1-18(14-25-27(10-4-12-39(29,30)31)21-16-19(35-2)6-8-23(21)37-25)15-26-28(11-5-13-40(32,33)34)22-17-20(36-3)7-9-24(22)38-26;1-4-7(5-2)6-3/h6-9,14-17H,4-5,10-13H2,1-3H3,(H-,29,30,31,32,33,34);4-6H2,1-3H3. The van der Waals surface area contributed by atoms with Crippen LogP contribution < -0.4 is 18.9 Å². The van der Waals surface area contributed by atoms with E-state index in [-0.39, 0.29) is 18.6 Å². The molecule has 0 radical (unpaired) electrons. The predicted molar refractivity (Wildman–Crippen MR) is 190 cm³/mol. The first-order chi connectivity index (χ1) is 22.2. The fourth-order valence-electron chi connectivity index (χ4n) is 5.00. The molecule has 0 fully saturated rings. The average molecular weight is 728 g/mol. The molecule has 0 saturated heterocycles. The molecule has 260 valence electrons. The third-order valence-corrected chi connectivity index (χ3v) is 11.3. The molecule has 0 bridgehead atoms. The van der Waals surface area contributed by atoms with Crippen LogP contribution in [0.5, 0.6) is 11.5 Å². The van der Waals surface area contributed by atoms with Crippen molar-refractivity contribution in [2.45, 2.75) is 52.0 Å². The Bertz CT molecular complexity index is 1780. The third kappa shape index (κ3) is 11.8. The monoisotopic (exact) mass is 727 g/mol. The minimum absolute atomic E-state index is 0.176. The van der Waals surface area contributed by atoms with Crippen LogP contribution in [-0.4, -0.2) is 82.7 Å². The number of fused-ring (bicyclic) bond motifs is 2. The van der Waals surface area contributed by atoms with E-state index in [4.69, 9.17) is 9.47 Å². The number of hydrogen-bond acceptors (Lipinski definition) is 11. The molecule has 0 saturated carbocycles. The van der Waals surface area contributed by atoms with Crippen molar-refractivity contribution in [2.24, 2.45) is 0 Å². The normalized spacial score (nSPS) is 14.4. The van der Waals surface area contributed by atoms with E-state index in [1.807, 2.05) is 64.9 Å². The Kier molecular flexibility index (Phi) is 14.6. The lowest BCUT2D eigenvalue weighted by Crippen LogP contribution is -2.36. The van der Waals surface area contributed by atoms with Gasteiger partial charge in [0.2, 0.25) is 5.52 Å². The minimum Gasteiger partial charge on any atom is -0.748 e. The lowest BCUT2D eigenvalue weighted by molar-refractivity contribution is -0.668. The van der Waals surface area contributed by atoms with E-state index >= 15 is 0 Å². The summed E-state index contributed by atoms with van der Waals surface area (Å²) in [4.78, 5) is 5.38. The van der Waals surface area contributed by atoms with Gasteiger partial charge in [-0.3, -0.25) is 4.55 Å². The number of nitrogens with zero attached hydrogens (tertiary/aromatic N) is 3. The SMILES string of the molecule is CCN(CC)CC.COc1ccc2c(c1)N(CCCS(=O)(=O)O)/C(=C/C(C)=C/c1sc3ccc(OC)cc3[n+]1CCCS(=O)(=O)[O-])S2. The summed E-state index contributed by atoms with van der Waals surface area (Å²) < 4.78 is 79.2. The lowest BCUT2D eigenvalue weighted by Gasteiger charge is -2.20. The minimum atomic E-state index is -4.33. The van der Waals surface area contributed by atoms with Gasteiger partial charge in [0.05, 0.1) is 46.9 Å². The molecule has 2 aromatic carbocycles. The highest BCUT2D eigenvalue weighted by atomic mass is 32.2. The maximum Gasteiger partial charge on any atom is 0.264 e. The number of hydrogen-bond donors (Lipinski definition) is 1. The van der Waals surface area contributed by atoms with Crippen LogP contribution in [0, 0.1) is 0 Å². The van der Waals surface area contributed by atoms with Gasteiger partial charge in [0.25, 0.3) is 15.1 Å². The van der Waals surface area contributed by atoms with E-state index in [1.54, 1.807) is 26.0 Å². The van der Waals surface area contributed by atoms with E-state index < -0.39 is 26.0 Å². The summed E-state index contributed by atoms with van der Waals surface area (Å²) in [5.41, 5.74) is 2.67. The van der Waals surface area contributed by atoms with Gasteiger partial charge >= 0.3 is 0 Å². The highest BCUT2D eigenvalue weighted by Crippen LogP contribution is 2.47. The summed E-state index contributed by atoms with van der Waals surface area (Å²) in [5.74, 6) is 0.542. The van der Waals surface area contributed by atoms with Crippen LogP contribution in [0.2, 0.25) is 0 Å². The quantitative estimate of drug-likeness (QED) is 0.154. The number of aromatic nitrogens is 1. The third-order valence-electron chi connectivity index (χ3n) is 7.48. The first-order valence-electron chi connectivity index (χ1n) is 15.4. The van der Waals surface area contributed by atoms with Crippen LogP contribution in [0.3, 0.4) is 0 Å². The Morgan fingerprint density at radius 2 is 1.62 bits per heavy atom. The van der Waals surface area contributed by atoms with Crippen LogP contribution in [0.1, 0.15) is 45.5 Å². The summed E-state index contributed by atoms with van der Waals surface area (Å²) in [6.45, 7) is 12.8. The Morgan fingerprint density at radius 3 is 2.19 bits per heavy atom. The zero-order valence-corrected chi connectivity index (χ0v) is 31.0. The number of rotatable bonds is 15. The summed E-state index contributed by atoms with van der Waals surface area (Å²) >= 11 is 3.09. The predicted octanol–water partition coefficient (Wildman–Crippen LogP) is 5.62. The fraction of sp³-hybridized carbons (Fsp3) is 0.469. The van der Waals surface area contributed by atoms with Crippen molar-refractivity contribution in [3.8, 4) is 11.5 Å². The maximum absolute atomic E-state index is 11.3. The number of aryl methyl sites for hydroxylation is 1. The van der Waals surface area contributed by atoms with Crippen LogP contribution >= 0.6 is 23.1 Å². The molecule has 3 aromatic rings. The Hall–Kier alpha value is -2.66. The van der Waals surface area contributed by atoms with E-state index in [2.05, 4.69) is 25.7 Å². The second-order valence-electron chi connectivity index (χ2n) is 10.8. The van der Waals surface area contributed by atoms with Crippen molar-refractivity contribution in [3.05, 3.63) is 58.1 Å². The van der Waals surface area contributed by atoms with Crippen molar-refractivity contribution >= 4 is 65.3 Å². The fourth-order valence-corrected chi connectivity index (χ4v) is 8.33. The topological polar surface area (TPSA) is 140 Å². The number of benzene rings is 2. The molecule has 11 nitrogen and oxygen atoms in total. The molecule has 4 rings (SSSR count). The zero-order valence-electron chi connectivity index (χ0n) is 27.8. The molecule has 1 N–H and O–H groups in total. The maximum atomic E-state index is 11.3. The Morgan fingerprint density at radius 1 is 0.979 bits per heavy atom. The van der Waals surface area contributed by atoms with Crippen molar-refractivity contribution in [1.82, 2.24) is 4.90 Å². The molecule has 0 unspecified atom stereocenters. The van der Waals surface area contributed by atoms with Crippen LogP contribution in [0.25, 0.3) is 16.3 Å². The first-order valence-corrected chi connectivity index (χ1v) is 20.2. The van der Waals surface area contributed by atoms with Gasteiger partial charge in [-0.25, -0.2) is 8.42 Å². The average Bonchev–Trinajstić information content (AvgIpc) is 3.52. The number of thioether (sulfide) groups is 1. The van der Waals surface area contributed by atoms with Crippen LogP contribution in [0.15, 0.2) is 58.0 Å². The van der Waals surface area contributed by atoms with Gasteiger partial charge in [0, 0.05) is 35.8 Å². The summed E-state index contributed by atoms with van der Waals surface area (Å²) in [6, 6.07) is 11.4. The van der Waals surface area contributed by atoms with Gasteiger partial charge in [0.15, 0.2) is 6.54 Å². The molecule has 0 aliphatic carbocycles. The van der Waals surface area contributed by atoms with Gasteiger partial charge in [-0.15, -0.1) is 0 Å². The summed E-state index contributed by atoms with van der Waals surface area (Å²) in [6.07, 6.45) is 4.41. The number of thiazole rings is 1. The zero-order chi connectivity index (χ0) is 34.8. The molecule has 1 aromatic heterocycles. The van der Waals surface area contributed by atoms with E-state index in [1.165, 1.54) is 31.0 Å². The molecule has 1 aliphatic heterocycles. The Labute approximate surface area is 287 Å². The van der Waals surface area contributed by atoms with Crippen LogP contribution in [-0.2, 0) is 26.8 Å². The first kappa shape index (κ1) is 38.8. The van der Waals surface area contributed by atoms with Gasteiger partial charge < -0.3 is 23.8 Å². The molecule has 0 spiro atoms. The highest BCUT2D eigenvalue weighted by Gasteiger charge is 2.26. The second kappa shape index (κ2) is 17.7. The highest BCUT2D eigenvalue weighted by molar-refractivity contribution is 8.03. The van der Waals surface area contributed by atoms with Gasteiger partial charge in [0.1, 0.15) is 16.2 Å². The lowest BCUT2D eigenvalue weighted by atomic mass is 10.2. The van der Waals surface area contributed by atoms with E-state index in [0.29, 0.717) is 24.6 Å². The number of ether oxygens (including phenoxy) is 2. The molecular weight excluding hydrogens is 683 g/mol. The van der Waals surface area contributed by atoms with Gasteiger partial charge in [-0.05, 0) is 68.9 Å². The van der Waals surface area contributed by atoms with Gasteiger partial charge in [-0.2, -0.15) is 13.0 Å². The molecule has 47 heavy (non-hydrogen) atoms. The van der Waals surface area contributed by atoms with Crippen molar-refractivity contribution in [3.63, 3.8) is 0 Å². The summed E-state index contributed by atoms with van der Waals surface area (Å²) in [7, 11) is -5.25. The van der Waals surface area contributed by atoms with Crippen LogP contribution in [0.4, 0.5) is 5.69 Å². The largest absolute Gasteiger partial charge is 0.748 e. The molecule has 0 amide bonds. The number of anilines is 1. The number of allylic oxidation sites excluding steroid dienone is 2. The molecule has 1 aliphatic rings. The number of methoxy groups -OCH3 is 2. The van der Waals surface area contributed by atoms with Crippen molar-refractivity contribution in [1.29, 1.82) is 0 Å². The van der Waals surface area contributed by atoms with Gasteiger partial charge in [-0.1, -0.05) is 43.9 Å². The van der Waals surface area contributed by atoms with Crippen molar-refractivity contribution in [2.75, 3.05) is 56.8 Å². The van der Waals surface area contributed by atoms with E-state index in [0.717, 1.165) is 36.4 Å².